The number of aliphatic hydroxyl groups excluding tert-OH is 8. The highest BCUT2D eigenvalue weighted by atomic mass is 16.8. The summed E-state index contributed by atoms with van der Waals surface area (Å²) in [5.41, 5.74) is -2.76. The Hall–Kier alpha value is -0.860. The van der Waals surface area contributed by atoms with Gasteiger partial charge in [-0.05, 0) is 95.8 Å². The second-order valence-electron chi connectivity index (χ2n) is 17.7. The van der Waals surface area contributed by atoms with Crippen molar-refractivity contribution in [3.63, 3.8) is 0 Å². The number of aliphatic hydroxyl groups is 9. The fourth-order valence-corrected chi connectivity index (χ4v) is 10.1. The molecule has 2 aliphatic carbocycles. The molecule has 5 rings (SSSR count). The Morgan fingerprint density at radius 2 is 1.25 bits per heavy atom. The van der Waals surface area contributed by atoms with Crippen LogP contribution in [-0.4, -0.2) is 156 Å². The highest BCUT2D eigenvalue weighted by molar-refractivity contribution is 5.10. The highest BCUT2D eigenvalue weighted by Crippen LogP contribution is 2.63. The number of ether oxygens (including phenoxy) is 6. The average Bonchev–Trinajstić information content (AvgIpc) is 3.09. The predicted molar refractivity (Wildman–Crippen MR) is 188 cm³/mol. The van der Waals surface area contributed by atoms with E-state index >= 15 is 0 Å². The van der Waals surface area contributed by atoms with Gasteiger partial charge >= 0.3 is 0 Å². The van der Waals surface area contributed by atoms with Crippen LogP contribution >= 0.6 is 0 Å². The van der Waals surface area contributed by atoms with Crippen molar-refractivity contribution in [2.75, 3.05) is 6.61 Å². The van der Waals surface area contributed by atoms with Gasteiger partial charge in [-0.3, -0.25) is 0 Å². The molecule has 15 nitrogen and oxygen atoms in total. The molecule has 2 saturated carbocycles. The summed E-state index contributed by atoms with van der Waals surface area (Å²) in [7, 11) is 0. The van der Waals surface area contributed by atoms with E-state index in [1.165, 1.54) is 6.92 Å². The molecular weight excluding hydrogens is 696 g/mol. The summed E-state index contributed by atoms with van der Waals surface area (Å²) in [6.45, 7) is 17.1. The molecule has 15 heteroatoms. The van der Waals surface area contributed by atoms with Gasteiger partial charge in [0.15, 0.2) is 18.9 Å². The third kappa shape index (κ3) is 8.42. The highest BCUT2D eigenvalue weighted by Gasteiger charge is 2.60. The third-order valence-corrected chi connectivity index (χ3v) is 13.6. The molecular formula is C38H66O15. The minimum Gasteiger partial charge on any atom is -0.390 e. The van der Waals surface area contributed by atoms with Gasteiger partial charge in [-0.25, -0.2) is 0 Å². The SMILES string of the molecule is C=CC(C)(CCC1C(C)(O)CCC2C(C)(COC3OC(C)C(O)C(O)C3O)CCCC12C)OC1OC(C)C(O)C(O)C1OC1OC(C)C(O)C(O)C1O. The van der Waals surface area contributed by atoms with Gasteiger partial charge in [-0.1, -0.05) is 26.3 Å². The minimum atomic E-state index is -1.66. The molecule has 0 spiro atoms. The van der Waals surface area contributed by atoms with E-state index in [4.69, 9.17) is 28.4 Å². The molecule has 5 aliphatic rings. The molecule has 3 aliphatic heterocycles. The molecule has 0 aromatic heterocycles. The van der Waals surface area contributed by atoms with Crippen LogP contribution in [0.2, 0.25) is 0 Å². The third-order valence-electron chi connectivity index (χ3n) is 13.6. The van der Waals surface area contributed by atoms with Gasteiger partial charge in [0.1, 0.15) is 54.9 Å². The Labute approximate surface area is 312 Å². The van der Waals surface area contributed by atoms with Crippen molar-refractivity contribution in [3.8, 4) is 0 Å². The summed E-state index contributed by atoms with van der Waals surface area (Å²) in [6, 6.07) is 0. The van der Waals surface area contributed by atoms with Crippen molar-refractivity contribution in [1.29, 1.82) is 0 Å². The van der Waals surface area contributed by atoms with Crippen molar-refractivity contribution in [2.45, 2.75) is 197 Å². The van der Waals surface area contributed by atoms with E-state index in [2.05, 4.69) is 20.4 Å². The lowest BCUT2D eigenvalue weighted by molar-refractivity contribution is -0.370. The van der Waals surface area contributed by atoms with Gasteiger partial charge in [-0.15, -0.1) is 6.58 Å². The van der Waals surface area contributed by atoms with Gasteiger partial charge in [0, 0.05) is 0 Å². The zero-order chi connectivity index (χ0) is 39.4. The molecule has 0 radical (unpaired) electrons. The molecule has 3 heterocycles. The zero-order valence-electron chi connectivity index (χ0n) is 32.2. The van der Waals surface area contributed by atoms with E-state index in [1.54, 1.807) is 19.9 Å². The van der Waals surface area contributed by atoms with E-state index < -0.39 is 103 Å². The minimum absolute atomic E-state index is 0.133. The van der Waals surface area contributed by atoms with E-state index in [0.29, 0.717) is 19.3 Å². The standard InChI is InChI=1S/C38H66O15/c1-9-36(6,53-34-31(28(44)25(41)20(4)51-34)52-33-30(46)27(43)24(40)19(3)50-33)15-11-22-37(7)14-10-13-35(5,21(37)12-16-38(22,8)47)17-48-32-29(45)26(42)23(39)18(2)49-32/h9,18-34,39-47H,1,10-17H2,2-8H3. The Morgan fingerprint density at radius 1 is 0.717 bits per heavy atom. The Bertz CT molecular complexity index is 1240. The van der Waals surface area contributed by atoms with Crippen LogP contribution in [0.25, 0.3) is 0 Å². The Morgan fingerprint density at radius 3 is 1.83 bits per heavy atom. The van der Waals surface area contributed by atoms with Gasteiger partial charge < -0.3 is 74.4 Å². The van der Waals surface area contributed by atoms with Crippen LogP contribution < -0.4 is 0 Å². The molecule has 3 saturated heterocycles. The first-order chi connectivity index (χ1) is 24.6. The van der Waals surface area contributed by atoms with Crippen LogP contribution in [0, 0.1) is 22.7 Å². The normalized spacial score (nSPS) is 53.4. The van der Waals surface area contributed by atoms with E-state index in [-0.39, 0.29) is 29.3 Å². The van der Waals surface area contributed by atoms with Crippen LogP contribution in [-0.2, 0) is 28.4 Å². The lowest BCUT2D eigenvalue weighted by Crippen LogP contribution is -2.64. The molecule has 308 valence electrons. The van der Waals surface area contributed by atoms with Crippen molar-refractivity contribution in [2.24, 2.45) is 22.7 Å². The largest absolute Gasteiger partial charge is 0.390 e. The van der Waals surface area contributed by atoms with Crippen LogP contribution in [0.5, 0.6) is 0 Å². The van der Waals surface area contributed by atoms with Gasteiger partial charge in [0.25, 0.3) is 0 Å². The maximum atomic E-state index is 12.0. The van der Waals surface area contributed by atoms with Crippen molar-refractivity contribution in [1.82, 2.24) is 0 Å². The van der Waals surface area contributed by atoms with E-state index in [1.807, 2.05) is 13.8 Å². The first kappa shape index (κ1) is 43.3. The molecule has 0 amide bonds. The molecule has 9 N–H and O–H groups in total. The van der Waals surface area contributed by atoms with Crippen LogP contribution in [0.1, 0.15) is 93.4 Å². The Kier molecular flexibility index (Phi) is 13.2. The molecule has 21 unspecified atom stereocenters. The van der Waals surface area contributed by atoms with Crippen LogP contribution in [0.3, 0.4) is 0 Å². The lowest BCUT2D eigenvalue weighted by Gasteiger charge is -2.62. The summed E-state index contributed by atoms with van der Waals surface area (Å²) >= 11 is 0. The average molecular weight is 763 g/mol. The predicted octanol–water partition coefficient (Wildman–Crippen LogP) is 0.225. The quantitative estimate of drug-likeness (QED) is 0.128. The fraction of sp³-hybridized carbons (Fsp3) is 0.947. The van der Waals surface area contributed by atoms with E-state index in [9.17, 15) is 46.0 Å². The molecule has 0 bridgehead atoms. The second kappa shape index (κ2) is 16.2. The maximum Gasteiger partial charge on any atom is 0.187 e. The number of fused-ring (bicyclic) bond motifs is 1. The summed E-state index contributed by atoms with van der Waals surface area (Å²) in [5.74, 6) is -0.0516. The molecule has 21 atom stereocenters. The number of rotatable bonds is 11. The fourth-order valence-electron chi connectivity index (χ4n) is 10.1. The smallest absolute Gasteiger partial charge is 0.187 e. The number of hydrogen-bond donors (Lipinski definition) is 9. The molecule has 53 heavy (non-hydrogen) atoms. The monoisotopic (exact) mass is 762 g/mol. The van der Waals surface area contributed by atoms with Crippen molar-refractivity contribution >= 4 is 0 Å². The zero-order valence-corrected chi connectivity index (χ0v) is 32.2. The summed E-state index contributed by atoms with van der Waals surface area (Å²) in [6.07, 6.45) is -12.7. The molecule has 0 aromatic carbocycles. The number of hydrogen-bond acceptors (Lipinski definition) is 15. The maximum absolute atomic E-state index is 12.0. The second-order valence-corrected chi connectivity index (χ2v) is 17.7. The first-order valence-electron chi connectivity index (χ1n) is 19.3. The van der Waals surface area contributed by atoms with Gasteiger partial charge in [-0.2, -0.15) is 0 Å². The summed E-state index contributed by atoms with van der Waals surface area (Å²) in [4.78, 5) is 0. The van der Waals surface area contributed by atoms with Gasteiger partial charge in [0.2, 0.25) is 0 Å². The Balaban J connectivity index is 1.31. The van der Waals surface area contributed by atoms with E-state index in [0.717, 1.165) is 25.7 Å². The summed E-state index contributed by atoms with van der Waals surface area (Å²) in [5, 5.41) is 96.1. The first-order valence-corrected chi connectivity index (χ1v) is 19.3. The molecule has 5 fully saturated rings. The lowest BCUT2D eigenvalue weighted by atomic mass is 9.44. The van der Waals surface area contributed by atoms with Gasteiger partial charge in [0.05, 0.1) is 36.1 Å². The summed E-state index contributed by atoms with van der Waals surface area (Å²) < 4.78 is 36.0. The van der Waals surface area contributed by atoms with Crippen LogP contribution in [0.4, 0.5) is 0 Å². The van der Waals surface area contributed by atoms with Crippen molar-refractivity contribution < 1.29 is 74.4 Å². The van der Waals surface area contributed by atoms with Crippen molar-refractivity contribution in [3.05, 3.63) is 12.7 Å². The topological polar surface area (TPSA) is 237 Å². The molecule has 0 aromatic rings. The van der Waals surface area contributed by atoms with Crippen LogP contribution in [0.15, 0.2) is 12.7 Å².